The average Bonchev–Trinajstić information content (AvgIpc) is 3.58. The maximum absolute atomic E-state index is 5.07. The molecule has 0 saturated carbocycles. The van der Waals surface area contributed by atoms with E-state index in [1.54, 1.807) is 0 Å². The molecule has 9 aromatic rings. The van der Waals surface area contributed by atoms with Gasteiger partial charge >= 0.3 is 0 Å². The molecule has 1 aromatic heterocycles. The topological polar surface area (TPSA) is 38.7 Å². The minimum absolute atomic E-state index is 0.427. The number of rotatable bonds is 7. The van der Waals surface area contributed by atoms with Crippen molar-refractivity contribution in [3.05, 3.63) is 235 Å². The van der Waals surface area contributed by atoms with Gasteiger partial charge in [-0.15, -0.1) is 0 Å². The van der Waals surface area contributed by atoms with Crippen molar-refractivity contribution in [1.29, 1.82) is 0 Å². The van der Waals surface area contributed by atoms with Crippen LogP contribution in [0.2, 0.25) is 0 Å². The van der Waals surface area contributed by atoms with Crippen molar-refractivity contribution in [3.63, 3.8) is 0 Å². The van der Waals surface area contributed by atoms with Crippen molar-refractivity contribution >= 4 is 0 Å². The van der Waals surface area contributed by atoms with Gasteiger partial charge < -0.3 is 0 Å². The molecule has 3 heteroatoms. The fourth-order valence-electron chi connectivity index (χ4n) is 8.26. The summed E-state index contributed by atoms with van der Waals surface area (Å²) in [5.41, 5.74) is 14.6. The largest absolute Gasteiger partial charge is 0.208 e. The Bertz CT molecular complexity index is 2730. The zero-order valence-corrected chi connectivity index (χ0v) is 30.0. The molecule has 0 bridgehead atoms. The highest BCUT2D eigenvalue weighted by Crippen LogP contribution is 2.56. The van der Waals surface area contributed by atoms with Gasteiger partial charge in [0, 0.05) is 16.7 Å². The van der Waals surface area contributed by atoms with Crippen molar-refractivity contribution in [2.45, 2.75) is 5.41 Å². The summed E-state index contributed by atoms with van der Waals surface area (Å²) in [6.07, 6.45) is 0. The van der Waals surface area contributed by atoms with Crippen molar-refractivity contribution in [2.75, 3.05) is 0 Å². The Kier molecular flexibility index (Phi) is 8.04. The molecule has 0 fully saturated rings. The van der Waals surface area contributed by atoms with Crippen LogP contribution in [0.3, 0.4) is 0 Å². The fourth-order valence-corrected chi connectivity index (χ4v) is 8.26. The van der Waals surface area contributed by atoms with Crippen LogP contribution in [-0.2, 0) is 5.41 Å². The van der Waals surface area contributed by atoms with E-state index in [1.165, 1.54) is 38.9 Å². The molecular formula is C52H35N3. The normalized spacial score (nSPS) is 12.5. The van der Waals surface area contributed by atoms with Crippen LogP contribution in [0.5, 0.6) is 0 Å². The lowest BCUT2D eigenvalue weighted by Gasteiger charge is -2.34. The molecule has 1 heterocycles. The molecule has 0 aliphatic heterocycles. The van der Waals surface area contributed by atoms with E-state index in [-0.39, 0.29) is 0 Å². The molecule has 55 heavy (non-hydrogen) atoms. The Morgan fingerprint density at radius 3 is 1.22 bits per heavy atom. The number of benzene rings is 8. The van der Waals surface area contributed by atoms with Crippen LogP contribution in [0.1, 0.15) is 22.3 Å². The molecule has 0 N–H and O–H groups in total. The van der Waals surface area contributed by atoms with Crippen molar-refractivity contribution < 1.29 is 0 Å². The maximum Gasteiger partial charge on any atom is 0.164 e. The lowest BCUT2D eigenvalue weighted by Crippen LogP contribution is -2.28. The zero-order valence-electron chi connectivity index (χ0n) is 30.0. The SMILES string of the molecule is c1ccc(-c2ccc(-c3nc(-c4ccccc4)nc(-c4cccc(-c5ccc(C6(c7ccccc7)c7ccccc7-c7ccccc76)cc5)c4)n3)cc2)cc1. The highest BCUT2D eigenvalue weighted by atomic mass is 15.0. The third-order valence-electron chi connectivity index (χ3n) is 10.8. The van der Waals surface area contributed by atoms with Gasteiger partial charge in [-0.25, -0.2) is 15.0 Å². The first-order chi connectivity index (χ1) is 27.3. The Morgan fingerprint density at radius 1 is 0.255 bits per heavy atom. The van der Waals surface area contributed by atoms with E-state index in [0.29, 0.717) is 17.5 Å². The second kappa shape index (κ2) is 13.6. The quantitative estimate of drug-likeness (QED) is 0.166. The van der Waals surface area contributed by atoms with Gasteiger partial charge in [-0.2, -0.15) is 0 Å². The summed E-state index contributed by atoms with van der Waals surface area (Å²) in [5, 5.41) is 0. The van der Waals surface area contributed by atoms with E-state index >= 15 is 0 Å². The molecule has 10 rings (SSSR count). The van der Waals surface area contributed by atoms with Gasteiger partial charge in [0.05, 0.1) is 5.41 Å². The van der Waals surface area contributed by atoms with Gasteiger partial charge in [-0.05, 0) is 61.7 Å². The Hall–Kier alpha value is -7.23. The van der Waals surface area contributed by atoms with Gasteiger partial charge in [0.25, 0.3) is 0 Å². The summed E-state index contributed by atoms with van der Waals surface area (Å²) < 4.78 is 0. The summed E-state index contributed by atoms with van der Waals surface area (Å²) in [6, 6.07) is 75.3. The van der Waals surface area contributed by atoms with Gasteiger partial charge in [-0.3, -0.25) is 0 Å². The van der Waals surface area contributed by atoms with Crippen molar-refractivity contribution in [1.82, 2.24) is 15.0 Å². The van der Waals surface area contributed by atoms with Crippen LogP contribution in [0.4, 0.5) is 0 Å². The van der Waals surface area contributed by atoms with Crippen LogP contribution in [-0.4, -0.2) is 15.0 Å². The highest BCUT2D eigenvalue weighted by molar-refractivity contribution is 5.86. The predicted molar refractivity (Wildman–Crippen MR) is 224 cm³/mol. The van der Waals surface area contributed by atoms with Crippen LogP contribution >= 0.6 is 0 Å². The Balaban J connectivity index is 1.05. The van der Waals surface area contributed by atoms with E-state index in [1.807, 2.05) is 36.4 Å². The van der Waals surface area contributed by atoms with Crippen LogP contribution in [0.15, 0.2) is 212 Å². The van der Waals surface area contributed by atoms with E-state index in [0.717, 1.165) is 33.4 Å². The maximum atomic E-state index is 5.07. The molecule has 3 nitrogen and oxygen atoms in total. The minimum Gasteiger partial charge on any atom is -0.208 e. The number of nitrogens with zero attached hydrogens (tertiary/aromatic N) is 3. The molecule has 0 saturated heterocycles. The summed E-state index contributed by atoms with van der Waals surface area (Å²) in [4.78, 5) is 15.1. The van der Waals surface area contributed by atoms with Crippen molar-refractivity contribution in [2.24, 2.45) is 0 Å². The average molecular weight is 702 g/mol. The van der Waals surface area contributed by atoms with Gasteiger partial charge in [0.1, 0.15) is 0 Å². The van der Waals surface area contributed by atoms with Crippen molar-refractivity contribution in [3.8, 4) is 67.5 Å². The van der Waals surface area contributed by atoms with Gasteiger partial charge in [-0.1, -0.05) is 206 Å². The first kappa shape index (κ1) is 32.4. The fraction of sp³-hybridized carbons (Fsp3) is 0.0192. The standard InChI is InChI=1S/C52H35N3/c1-4-15-36(16-5-1)37-27-29-40(30-28-37)50-53-49(39-17-6-2-7-18-39)54-51(55-50)42-20-14-19-41(35-42)38-31-33-44(34-32-38)52(43-21-8-3-9-22-43)47-25-12-10-23-45(47)46-24-11-13-26-48(46)52/h1-35H. The van der Waals surface area contributed by atoms with Crippen LogP contribution in [0, 0.1) is 0 Å². The molecule has 1 aliphatic rings. The third-order valence-corrected chi connectivity index (χ3v) is 10.8. The Labute approximate surface area is 321 Å². The third kappa shape index (κ3) is 5.65. The van der Waals surface area contributed by atoms with E-state index in [4.69, 9.17) is 15.0 Å². The monoisotopic (exact) mass is 701 g/mol. The number of aromatic nitrogens is 3. The molecule has 0 spiro atoms. The lowest BCUT2D eigenvalue weighted by molar-refractivity contribution is 0.768. The summed E-state index contributed by atoms with van der Waals surface area (Å²) in [7, 11) is 0. The second-order valence-electron chi connectivity index (χ2n) is 14.0. The molecule has 0 amide bonds. The van der Waals surface area contributed by atoms with E-state index < -0.39 is 5.41 Å². The molecule has 0 atom stereocenters. The first-order valence-corrected chi connectivity index (χ1v) is 18.7. The van der Waals surface area contributed by atoms with Gasteiger partial charge in [0.2, 0.25) is 0 Å². The van der Waals surface area contributed by atoms with Crippen LogP contribution < -0.4 is 0 Å². The summed E-state index contributed by atoms with van der Waals surface area (Å²) in [6.45, 7) is 0. The van der Waals surface area contributed by atoms with Crippen LogP contribution in [0.25, 0.3) is 67.5 Å². The molecule has 1 aliphatic carbocycles. The Morgan fingerprint density at radius 2 is 0.618 bits per heavy atom. The molecule has 258 valence electrons. The number of hydrogen-bond acceptors (Lipinski definition) is 3. The smallest absolute Gasteiger partial charge is 0.164 e. The zero-order chi connectivity index (χ0) is 36.6. The van der Waals surface area contributed by atoms with E-state index in [9.17, 15) is 0 Å². The first-order valence-electron chi connectivity index (χ1n) is 18.7. The number of fused-ring (bicyclic) bond motifs is 3. The molecular weight excluding hydrogens is 667 g/mol. The second-order valence-corrected chi connectivity index (χ2v) is 14.0. The van der Waals surface area contributed by atoms with E-state index in [2.05, 4.69) is 176 Å². The molecule has 8 aromatic carbocycles. The summed E-state index contributed by atoms with van der Waals surface area (Å²) >= 11 is 0. The highest BCUT2D eigenvalue weighted by Gasteiger charge is 2.45. The van der Waals surface area contributed by atoms with Gasteiger partial charge in [0.15, 0.2) is 17.5 Å². The molecule has 0 radical (unpaired) electrons. The summed E-state index contributed by atoms with van der Waals surface area (Å²) in [5.74, 6) is 1.92. The lowest BCUT2D eigenvalue weighted by atomic mass is 9.67. The minimum atomic E-state index is -0.427. The predicted octanol–water partition coefficient (Wildman–Crippen LogP) is 12.6. The number of hydrogen-bond donors (Lipinski definition) is 0. The molecule has 0 unspecified atom stereocenters.